The number of ether oxygens (including phenoxy) is 1. The summed E-state index contributed by atoms with van der Waals surface area (Å²) >= 11 is 0. The predicted octanol–water partition coefficient (Wildman–Crippen LogP) is 1.93. The zero-order chi connectivity index (χ0) is 12.8. The molecule has 0 amide bonds. The van der Waals surface area contributed by atoms with Gasteiger partial charge in [0.25, 0.3) is 0 Å². The van der Waals surface area contributed by atoms with Crippen molar-refractivity contribution in [1.82, 2.24) is 0 Å². The maximum atomic E-state index is 11.4. The normalized spacial score (nSPS) is 9.71. The standard InChI is InChI=1S/C13H15NO3/c1-3-11-9(7-12(15)17-4-2)5-6-10(8-14)13(11)16/h5-6,16H,3-4,7H2,1-2H3. The maximum Gasteiger partial charge on any atom is 0.310 e. The number of hydrogen-bond acceptors (Lipinski definition) is 4. The molecular weight excluding hydrogens is 218 g/mol. The molecular formula is C13H15NO3. The molecule has 0 aromatic heterocycles. The van der Waals surface area contributed by atoms with Gasteiger partial charge in [0.05, 0.1) is 18.6 Å². The van der Waals surface area contributed by atoms with Crippen molar-refractivity contribution in [1.29, 1.82) is 5.26 Å². The summed E-state index contributed by atoms with van der Waals surface area (Å²) in [6, 6.07) is 5.11. The van der Waals surface area contributed by atoms with Crippen LogP contribution in [0.5, 0.6) is 5.75 Å². The molecule has 0 heterocycles. The average Bonchev–Trinajstić information content (AvgIpc) is 2.30. The van der Waals surface area contributed by atoms with Crippen LogP contribution >= 0.6 is 0 Å². The Morgan fingerprint density at radius 2 is 2.18 bits per heavy atom. The third-order valence-corrected chi connectivity index (χ3v) is 2.49. The van der Waals surface area contributed by atoms with Crippen molar-refractivity contribution in [3.05, 3.63) is 28.8 Å². The highest BCUT2D eigenvalue weighted by Crippen LogP contribution is 2.26. The first-order valence-corrected chi connectivity index (χ1v) is 5.53. The fourth-order valence-electron chi connectivity index (χ4n) is 1.70. The van der Waals surface area contributed by atoms with Gasteiger partial charge in [-0.2, -0.15) is 5.26 Å². The van der Waals surface area contributed by atoms with Crippen LogP contribution in [-0.2, 0) is 22.4 Å². The largest absolute Gasteiger partial charge is 0.506 e. The number of aromatic hydroxyl groups is 1. The van der Waals surface area contributed by atoms with Crippen LogP contribution in [0.2, 0.25) is 0 Å². The molecule has 0 atom stereocenters. The van der Waals surface area contributed by atoms with Crippen LogP contribution in [0.4, 0.5) is 0 Å². The van der Waals surface area contributed by atoms with Crippen LogP contribution in [0.1, 0.15) is 30.5 Å². The maximum absolute atomic E-state index is 11.4. The number of phenolic OH excluding ortho intramolecular Hbond substituents is 1. The molecule has 1 rings (SSSR count). The van der Waals surface area contributed by atoms with Gasteiger partial charge in [-0.1, -0.05) is 13.0 Å². The highest BCUT2D eigenvalue weighted by molar-refractivity contribution is 5.73. The molecule has 1 aromatic rings. The van der Waals surface area contributed by atoms with Crippen LogP contribution in [0.25, 0.3) is 0 Å². The third-order valence-electron chi connectivity index (χ3n) is 2.49. The van der Waals surface area contributed by atoms with E-state index in [-0.39, 0.29) is 23.7 Å². The smallest absolute Gasteiger partial charge is 0.310 e. The van der Waals surface area contributed by atoms with E-state index < -0.39 is 0 Å². The SMILES string of the molecule is CCOC(=O)Cc1ccc(C#N)c(O)c1CC. The number of carbonyl (C=O) groups is 1. The van der Waals surface area contributed by atoms with Crippen LogP contribution in [0.15, 0.2) is 12.1 Å². The van der Waals surface area contributed by atoms with Gasteiger partial charge in [-0.3, -0.25) is 4.79 Å². The Labute approximate surface area is 100 Å². The number of hydrogen-bond donors (Lipinski definition) is 1. The van der Waals surface area contributed by atoms with E-state index >= 15 is 0 Å². The van der Waals surface area contributed by atoms with Gasteiger partial charge in [-0.05, 0) is 30.5 Å². The lowest BCUT2D eigenvalue weighted by Gasteiger charge is -2.10. The highest BCUT2D eigenvalue weighted by Gasteiger charge is 2.14. The van der Waals surface area contributed by atoms with E-state index in [1.807, 2.05) is 13.0 Å². The molecule has 4 heteroatoms. The zero-order valence-electron chi connectivity index (χ0n) is 9.99. The van der Waals surface area contributed by atoms with Gasteiger partial charge >= 0.3 is 5.97 Å². The molecule has 0 aliphatic rings. The third kappa shape index (κ3) is 2.97. The molecule has 0 radical (unpaired) electrons. The van der Waals surface area contributed by atoms with E-state index in [0.717, 1.165) is 0 Å². The van der Waals surface area contributed by atoms with E-state index in [0.29, 0.717) is 24.2 Å². The van der Waals surface area contributed by atoms with Gasteiger partial charge in [0, 0.05) is 0 Å². The lowest BCUT2D eigenvalue weighted by atomic mass is 9.98. The Bertz CT molecular complexity index is 460. The molecule has 0 bridgehead atoms. The minimum atomic E-state index is -0.327. The van der Waals surface area contributed by atoms with Crippen LogP contribution < -0.4 is 0 Å². The molecule has 0 saturated carbocycles. The minimum absolute atomic E-state index is 0.0307. The molecule has 0 spiro atoms. The summed E-state index contributed by atoms with van der Waals surface area (Å²) in [7, 11) is 0. The molecule has 1 aromatic carbocycles. The van der Waals surface area contributed by atoms with Gasteiger partial charge in [-0.15, -0.1) is 0 Å². The molecule has 17 heavy (non-hydrogen) atoms. The van der Waals surface area contributed by atoms with Crippen molar-refractivity contribution in [2.75, 3.05) is 6.61 Å². The van der Waals surface area contributed by atoms with Crippen molar-refractivity contribution in [3.8, 4) is 11.8 Å². The summed E-state index contributed by atoms with van der Waals surface area (Å²) in [4.78, 5) is 11.4. The lowest BCUT2D eigenvalue weighted by molar-refractivity contribution is -0.142. The Balaban J connectivity index is 3.05. The van der Waals surface area contributed by atoms with Crippen molar-refractivity contribution in [3.63, 3.8) is 0 Å². The van der Waals surface area contributed by atoms with Crippen LogP contribution in [-0.4, -0.2) is 17.7 Å². The molecule has 0 aliphatic heterocycles. The first kappa shape index (κ1) is 13.0. The Morgan fingerprint density at radius 3 is 2.71 bits per heavy atom. The molecule has 0 fully saturated rings. The number of rotatable bonds is 4. The van der Waals surface area contributed by atoms with Gasteiger partial charge < -0.3 is 9.84 Å². The van der Waals surface area contributed by atoms with Crippen LogP contribution in [0.3, 0.4) is 0 Å². The van der Waals surface area contributed by atoms with Crippen LogP contribution in [0, 0.1) is 11.3 Å². The second kappa shape index (κ2) is 5.90. The minimum Gasteiger partial charge on any atom is -0.506 e. The second-order valence-corrected chi connectivity index (χ2v) is 3.55. The highest BCUT2D eigenvalue weighted by atomic mass is 16.5. The van der Waals surface area contributed by atoms with E-state index in [1.165, 1.54) is 6.07 Å². The van der Waals surface area contributed by atoms with E-state index in [4.69, 9.17) is 10.00 Å². The molecule has 0 unspecified atom stereocenters. The van der Waals surface area contributed by atoms with E-state index in [9.17, 15) is 9.90 Å². The summed E-state index contributed by atoms with van der Waals surface area (Å²) in [5.74, 6) is -0.358. The Morgan fingerprint density at radius 1 is 1.47 bits per heavy atom. The van der Waals surface area contributed by atoms with Crippen molar-refractivity contribution < 1.29 is 14.6 Å². The van der Waals surface area contributed by atoms with Gasteiger partial charge in [0.1, 0.15) is 11.8 Å². The van der Waals surface area contributed by atoms with Gasteiger partial charge in [-0.25, -0.2) is 0 Å². The first-order chi connectivity index (χ1) is 8.13. The number of carbonyl (C=O) groups excluding carboxylic acids is 1. The van der Waals surface area contributed by atoms with Crippen molar-refractivity contribution in [2.24, 2.45) is 0 Å². The molecule has 0 aliphatic carbocycles. The lowest BCUT2D eigenvalue weighted by Crippen LogP contribution is -2.09. The zero-order valence-corrected chi connectivity index (χ0v) is 9.99. The number of esters is 1. The number of phenols is 1. The van der Waals surface area contributed by atoms with E-state index in [1.54, 1.807) is 13.0 Å². The van der Waals surface area contributed by atoms with E-state index in [2.05, 4.69) is 0 Å². The second-order valence-electron chi connectivity index (χ2n) is 3.55. The molecule has 90 valence electrons. The topological polar surface area (TPSA) is 70.3 Å². The summed E-state index contributed by atoms with van der Waals surface area (Å²) in [6.07, 6.45) is 0.687. The first-order valence-electron chi connectivity index (χ1n) is 5.53. The number of benzene rings is 1. The average molecular weight is 233 g/mol. The molecule has 4 nitrogen and oxygen atoms in total. The summed E-state index contributed by atoms with van der Waals surface area (Å²) in [6.45, 7) is 3.95. The molecule has 0 saturated heterocycles. The quantitative estimate of drug-likeness (QED) is 0.807. The fraction of sp³-hybridized carbons (Fsp3) is 0.385. The summed E-state index contributed by atoms with van der Waals surface area (Å²) in [5.41, 5.74) is 1.58. The number of nitriles is 1. The van der Waals surface area contributed by atoms with Crippen molar-refractivity contribution >= 4 is 5.97 Å². The molecule has 1 N–H and O–H groups in total. The Hall–Kier alpha value is -2.02. The summed E-state index contributed by atoms with van der Waals surface area (Å²) < 4.78 is 4.86. The number of nitrogens with zero attached hydrogens (tertiary/aromatic N) is 1. The van der Waals surface area contributed by atoms with Gasteiger partial charge in [0.2, 0.25) is 0 Å². The van der Waals surface area contributed by atoms with Gasteiger partial charge in [0.15, 0.2) is 0 Å². The fourth-order valence-corrected chi connectivity index (χ4v) is 1.70. The monoisotopic (exact) mass is 233 g/mol. The Kier molecular flexibility index (Phi) is 4.53. The predicted molar refractivity (Wildman–Crippen MR) is 62.5 cm³/mol. The van der Waals surface area contributed by atoms with Crippen molar-refractivity contribution in [2.45, 2.75) is 26.7 Å². The summed E-state index contributed by atoms with van der Waals surface area (Å²) in [5, 5.41) is 18.6.